The molecular formula is C5H6NO9PS2+2. The smallest absolute Gasteiger partial charge is 0.261 e. The second-order valence-electron chi connectivity index (χ2n) is 2.52. The second kappa shape index (κ2) is 5.65. The van der Waals surface area contributed by atoms with Gasteiger partial charge in [-0.1, -0.05) is 6.07 Å². The molecule has 0 aliphatic carbocycles. The highest BCUT2D eigenvalue weighted by atomic mass is 32.3. The molecule has 1 unspecified atom stereocenters. The van der Waals surface area contributed by atoms with Gasteiger partial charge in [0.1, 0.15) is 0 Å². The maximum Gasteiger partial charge on any atom is 0.736 e. The van der Waals surface area contributed by atoms with Crippen molar-refractivity contribution < 1.29 is 42.9 Å². The molecule has 1 N–H and O–H groups in total. The van der Waals surface area contributed by atoms with E-state index in [0.29, 0.717) is 4.73 Å². The summed E-state index contributed by atoms with van der Waals surface area (Å²) in [5.74, 6) is 0. The highest BCUT2D eigenvalue weighted by Crippen LogP contribution is 2.28. The van der Waals surface area contributed by atoms with Crippen molar-refractivity contribution in [1.29, 1.82) is 0 Å². The van der Waals surface area contributed by atoms with Crippen LogP contribution in [0.5, 0.6) is 0 Å². The molecule has 0 aliphatic rings. The third-order valence-corrected chi connectivity index (χ3v) is 3.99. The fourth-order valence-corrected chi connectivity index (χ4v) is 2.67. The lowest BCUT2D eigenvalue weighted by atomic mass is 10.5. The average Bonchev–Trinajstić information content (AvgIpc) is 2.13. The lowest BCUT2D eigenvalue weighted by Gasteiger charge is -1.91. The normalized spacial score (nSPS) is 13.1. The fraction of sp³-hybridized carbons (Fsp3) is 0. The van der Waals surface area contributed by atoms with E-state index >= 15 is 0 Å². The highest BCUT2D eigenvalue weighted by Gasteiger charge is 2.40. The number of pyridine rings is 1. The van der Waals surface area contributed by atoms with Gasteiger partial charge in [-0.3, -0.25) is 4.55 Å². The van der Waals surface area contributed by atoms with Gasteiger partial charge in [-0.2, -0.15) is 16.8 Å². The number of hydrogen-bond donors (Lipinski definition) is 1. The molecular weight excluding hydrogens is 313 g/mol. The van der Waals surface area contributed by atoms with Crippen molar-refractivity contribution in [3.05, 3.63) is 30.6 Å². The van der Waals surface area contributed by atoms with E-state index in [1.54, 1.807) is 6.07 Å². The Morgan fingerprint density at radius 3 is 2.06 bits per heavy atom. The Bertz CT molecular complexity index is 624. The summed E-state index contributed by atoms with van der Waals surface area (Å²) in [7, 11) is -13.6. The zero-order valence-corrected chi connectivity index (χ0v) is 10.8. The van der Waals surface area contributed by atoms with Crippen molar-refractivity contribution in [2.24, 2.45) is 0 Å². The molecule has 0 aromatic carbocycles. The maximum absolute atomic E-state index is 11.1. The lowest BCUT2D eigenvalue weighted by molar-refractivity contribution is -0.857. The Morgan fingerprint density at radius 2 is 1.56 bits per heavy atom. The summed E-state index contributed by atoms with van der Waals surface area (Å²) in [5.41, 5.74) is 0. The third-order valence-electron chi connectivity index (χ3n) is 1.17. The van der Waals surface area contributed by atoms with Crippen LogP contribution in [-0.2, 0) is 33.3 Å². The van der Waals surface area contributed by atoms with E-state index in [9.17, 15) is 21.4 Å². The van der Waals surface area contributed by atoms with Crippen LogP contribution in [0.3, 0.4) is 0 Å². The molecule has 1 heterocycles. The van der Waals surface area contributed by atoms with Gasteiger partial charge < -0.3 is 0 Å². The van der Waals surface area contributed by atoms with E-state index in [0.717, 1.165) is 0 Å². The third kappa shape index (κ3) is 5.95. The molecule has 0 saturated carbocycles. The first kappa shape index (κ1) is 14.9. The van der Waals surface area contributed by atoms with Crippen molar-refractivity contribution in [3.8, 4) is 0 Å². The van der Waals surface area contributed by atoms with Gasteiger partial charge >= 0.3 is 29.1 Å². The van der Waals surface area contributed by atoms with Crippen LogP contribution in [0.15, 0.2) is 30.6 Å². The van der Waals surface area contributed by atoms with Crippen LogP contribution >= 0.6 is 8.25 Å². The minimum Gasteiger partial charge on any atom is -0.261 e. The number of rotatable bonds is 6. The number of nitrogens with zero attached hydrogens (tertiary/aromatic N) is 1. The number of aromatic nitrogens is 1. The summed E-state index contributed by atoms with van der Waals surface area (Å²) in [4.78, 5) is 0. The van der Waals surface area contributed by atoms with Gasteiger partial charge in [0.05, 0.1) is 3.97 Å². The Balaban J connectivity index is 2.69. The molecule has 0 bridgehead atoms. The van der Waals surface area contributed by atoms with Crippen molar-refractivity contribution in [3.63, 3.8) is 0 Å². The first-order valence-electron chi connectivity index (χ1n) is 3.93. The SMILES string of the molecule is O=[P+](OS(=O)(=O)O)OS(=O)(=O)O[n+]1ccccc1. The summed E-state index contributed by atoms with van der Waals surface area (Å²) in [6.07, 6.45) is 2.36. The van der Waals surface area contributed by atoms with Crippen LogP contribution < -0.4 is 9.01 Å². The molecule has 0 spiro atoms. The molecule has 1 aromatic heterocycles. The quantitative estimate of drug-likeness (QED) is 0.403. The topological polar surface area (TPSA) is 137 Å². The standard InChI is InChI=1S/C5H5NO9PS2/c7-16(14-17(8,9)10)15-18(11,12)13-6-4-2-1-3-5-6/h1-5H/q+1/p+1. The Labute approximate surface area is 103 Å². The van der Waals surface area contributed by atoms with Gasteiger partial charge in [-0.25, -0.2) is 0 Å². The Hall–Kier alpha value is -1.17. The fourth-order valence-electron chi connectivity index (χ4n) is 0.715. The summed E-state index contributed by atoms with van der Waals surface area (Å²) in [6.45, 7) is 0. The van der Waals surface area contributed by atoms with Crippen LogP contribution in [-0.4, -0.2) is 21.4 Å². The molecule has 1 rings (SSSR count). The second-order valence-corrected chi connectivity index (χ2v) is 5.98. The van der Waals surface area contributed by atoms with E-state index in [1.807, 2.05) is 0 Å². The van der Waals surface area contributed by atoms with Crippen LogP contribution in [0.2, 0.25) is 0 Å². The molecule has 0 saturated heterocycles. The summed E-state index contributed by atoms with van der Waals surface area (Å²) in [6, 6.07) is 4.41. The highest BCUT2D eigenvalue weighted by molar-refractivity contribution is 7.88. The zero-order valence-electron chi connectivity index (χ0n) is 8.31. The van der Waals surface area contributed by atoms with Gasteiger partial charge in [0, 0.05) is 25.4 Å². The summed E-state index contributed by atoms with van der Waals surface area (Å²) < 4.78 is 73.2. The minimum atomic E-state index is -5.10. The molecule has 1 atom stereocenters. The van der Waals surface area contributed by atoms with Crippen molar-refractivity contribution in [1.82, 2.24) is 0 Å². The predicted octanol–water partition coefficient (Wildman–Crippen LogP) is -0.859. The molecule has 0 amide bonds. The molecule has 10 nitrogen and oxygen atoms in total. The maximum atomic E-state index is 11.1. The van der Waals surface area contributed by atoms with Crippen molar-refractivity contribution >= 4 is 29.1 Å². The molecule has 18 heavy (non-hydrogen) atoms. The lowest BCUT2D eigenvalue weighted by Crippen LogP contribution is -2.45. The first-order valence-corrected chi connectivity index (χ1v) is 7.72. The van der Waals surface area contributed by atoms with Crippen LogP contribution in [0.4, 0.5) is 0 Å². The first-order chi connectivity index (χ1) is 8.18. The summed E-state index contributed by atoms with van der Waals surface area (Å²) >= 11 is 0. The van der Waals surface area contributed by atoms with Crippen LogP contribution in [0, 0.1) is 0 Å². The molecule has 0 fully saturated rings. The van der Waals surface area contributed by atoms with E-state index in [-0.39, 0.29) is 0 Å². The number of hydrogen-bond acceptors (Lipinski definition) is 8. The van der Waals surface area contributed by atoms with E-state index < -0.39 is 29.1 Å². The van der Waals surface area contributed by atoms with E-state index in [1.165, 1.54) is 24.5 Å². The van der Waals surface area contributed by atoms with E-state index in [2.05, 4.69) is 12.2 Å². The summed E-state index contributed by atoms with van der Waals surface area (Å²) in [5, 5.41) is 0. The average molecular weight is 319 g/mol. The largest absolute Gasteiger partial charge is 0.736 e. The molecule has 0 aliphatic heterocycles. The van der Waals surface area contributed by atoms with Gasteiger partial charge in [0.25, 0.3) is 0 Å². The minimum absolute atomic E-state index is 0.686. The van der Waals surface area contributed by atoms with Crippen LogP contribution in [0.1, 0.15) is 0 Å². The van der Waals surface area contributed by atoms with Gasteiger partial charge in [0.2, 0.25) is 12.4 Å². The zero-order chi connectivity index (χ0) is 13.8. The molecule has 100 valence electrons. The van der Waals surface area contributed by atoms with Gasteiger partial charge in [-0.15, -0.1) is 4.28 Å². The van der Waals surface area contributed by atoms with Gasteiger partial charge in [0.15, 0.2) is 0 Å². The van der Waals surface area contributed by atoms with Crippen molar-refractivity contribution in [2.75, 3.05) is 0 Å². The molecule has 0 radical (unpaired) electrons. The Morgan fingerprint density at radius 1 is 1.00 bits per heavy atom. The van der Waals surface area contributed by atoms with Gasteiger partial charge in [-0.05, 0) is 0 Å². The molecule has 13 heteroatoms. The van der Waals surface area contributed by atoms with Crippen molar-refractivity contribution in [2.45, 2.75) is 0 Å². The molecule has 1 aromatic rings. The van der Waals surface area contributed by atoms with E-state index in [4.69, 9.17) is 4.55 Å². The van der Waals surface area contributed by atoms with Crippen LogP contribution in [0.25, 0.3) is 0 Å². The predicted molar refractivity (Wildman–Crippen MR) is 53.5 cm³/mol. The Kier molecular flexibility index (Phi) is 4.67. The monoisotopic (exact) mass is 319 g/mol.